The van der Waals surface area contributed by atoms with Gasteiger partial charge < -0.3 is 15.1 Å². The Morgan fingerprint density at radius 2 is 1.61 bits per heavy atom. The first-order valence-electron chi connectivity index (χ1n) is 12.1. The molecule has 3 aromatic rings. The highest BCUT2D eigenvalue weighted by Crippen LogP contribution is 2.15. The molecule has 188 valence electrons. The monoisotopic (exact) mass is 552 g/mol. The summed E-state index contributed by atoms with van der Waals surface area (Å²) >= 11 is 3.43. The van der Waals surface area contributed by atoms with Crippen molar-refractivity contribution in [3.8, 4) is 0 Å². The van der Waals surface area contributed by atoms with Crippen molar-refractivity contribution < 1.29 is 14.0 Å². The van der Waals surface area contributed by atoms with Gasteiger partial charge in [0.1, 0.15) is 5.82 Å². The molecular weight excluding hydrogens is 523 g/mol. The lowest BCUT2D eigenvalue weighted by Crippen LogP contribution is -2.51. The van der Waals surface area contributed by atoms with Crippen molar-refractivity contribution in [3.05, 3.63) is 106 Å². The molecule has 1 N–H and O–H groups in total. The van der Waals surface area contributed by atoms with Crippen molar-refractivity contribution in [1.82, 2.24) is 20.0 Å². The lowest BCUT2D eigenvalue weighted by atomic mass is 10.2. The quantitative estimate of drug-likeness (QED) is 0.438. The summed E-state index contributed by atoms with van der Waals surface area (Å²) in [6, 6.07) is 23.3. The molecule has 0 aliphatic carbocycles. The minimum atomic E-state index is -0.297. The van der Waals surface area contributed by atoms with Gasteiger partial charge in [0.25, 0.3) is 5.91 Å². The molecular formula is C28H30BrFN4O2. The molecule has 36 heavy (non-hydrogen) atoms. The molecule has 6 nitrogen and oxygen atoms in total. The highest BCUT2D eigenvalue weighted by molar-refractivity contribution is 9.10. The summed E-state index contributed by atoms with van der Waals surface area (Å²) in [4.78, 5) is 31.8. The first-order valence-corrected chi connectivity index (χ1v) is 12.9. The van der Waals surface area contributed by atoms with Crippen molar-refractivity contribution in [1.29, 1.82) is 0 Å². The van der Waals surface area contributed by atoms with Crippen LogP contribution >= 0.6 is 15.9 Å². The number of benzene rings is 3. The van der Waals surface area contributed by atoms with Crippen molar-refractivity contribution in [2.24, 2.45) is 0 Å². The molecule has 1 aliphatic rings. The van der Waals surface area contributed by atoms with E-state index in [4.69, 9.17) is 0 Å². The lowest BCUT2D eigenvalue weighted by Gasteiger charge is -2.36. The molecule has 8 heteroatoms. The Bertz CT molecular complexity index is 1150. The first kappa shape index (κ1) is 25.9. The number of hydrogen-bond acceptors (Lipinski definition) is 3. The van der Waals surface area contributed by atoms with E-state index >= 15 is 0 Å². The van der Waals surface area contributed by atoms with Gasteiger partial charge in [0.2, 0.25) is 0 Å². The van der Waals surface area contributed by atoms with Gasteiger partial charge in [-0.15, -0.1) is 0 Å². The van der Waals surface area contributed by atoms with Crippen LogP contribution in [0.25, 0.3) is 0 Å². The van der Waals surface area contributed by atoms with Gasteiger partial charge in [-0.25, -0.2) is 9.18 Å². The molecule has 0 bridgehead atoms. The smallest absolute Gasteiger partial charge is 0.318 e. The second-order valence-electron chi connectivity index (χ2n) is 8.84. The van der Waals surface area contributed by atoms with Gasteiger partial charge in [-0.1, -0.05) is 64.5 Å². The summed E-state index contributed by atoms with van der Waals surface area (Å²) in [5, 5.41) is 3.00. The van der Waals surface area contributed by atoms with E-state index in [0.29, 0.717) is 44.8 Å². The average Bonchev–Trinajstić information content (AvgIpc) is 2.91. The van der Waals surface area contributed by atoms with Crippen molar-refractivity contribution in [2.75, 3.05) is 39.3 Å². The number of halogens is 2. The zero-order chi connectivity index (χ0) is 25.3. The second kappa shape index (κ2) is 12.6. The number of hydrogen-bond donors (Lipinski definition) is 1. The fourth-order valence-corrected chi connectivity index (χ4v) is 4.59. The van der Waals surface area contributed by atoms with Crippen LogP contribution in [0.5, 0.6) is 0 Å². The Balaban J connectivity index is 1.32. The summed E-state index contributed by atoms with van der Waals surface area (Å²) in [5.41, 5.74) is 2.58. The van der Waals surface area contributed by atoms with Gasteiger partial charge in [-0.05, 0) is 41.5 Å². The Hall–Kier alpha value is -3.23. The topological polar surface area (TPSA) is 55.9 Å². The Labute approximate surface area is 219 Å². The van der Waals surface area contributed by atoms with E-state index in [0.717, 1.165) is 28.7 Å². The van der Waals surface area contributed by atoms with E-state index < -0.39 is 0 Å². The van der Waals surface area contributed by atoms with Crippen molar-refractivity contribution >= 4 is 27.9 Å². The van der Waals surface area contributed by atoms with E-state index in [2.05, 4.69) is 26.1 Å². The van der Waals surface area contributed by atoms with Gasteiger partial charge in [0.05, 0.1) is 0 Å². The third-order valence-electron chi connectivity index (χ3n) is 6.28. The van der Waals surface area contributed by atoms with Crippen LogP contribution in [0.1, 0.15) is 21.5 Å². The van der Waals surface area contributed by atoms with E-state index in [9.17, 15) is 14.0 Å². The maximum atomic E-state index is 13.4. The fourth-order valence-electron chi connectivity index (χ4n) is 4.19. The molecule has 0 aromatic heterocycles. The first-order chi connectivity index (χ1) is 17.5. The van der Waals surface area contributed by atoms with Crippen LogP contribution in [0.15, 0.2) is 83.3 Å². The largest absolute Gasteiger partial charge is 0.336 e. The number of piperazine rings is 1. The minimum absolute atomic E-state index is 0.0363. The number of nitrogens with zero attached hydrogens (tertiary/aromatic N) is 3. The number of carbonyl (C=O) groups is 2. The van der Waals surface area contributed by atoms with Crippen LogP contribution in [0.2, 0.25) is 0 Å². The molecule has 1 heterocycles. The predicted octanol–water partition coefficient (Wildman–Crippen LogP) is 4.76. The van der Waals surface area contributed by atoms with Crippen LogP contribution < -0.4 is 5.32 Å². The van der Waals surface area contributed by atoms with Crippen LogP contribution in [0.4, 0.5) is 9.18 Å². The maximum Gasteiger partial charge on any atom is 0.318 e. The third kappa shape index (κ3) is 7.38. The van der Waals surface area contributed by atoms with E-state index in [1.54, 1.807) is 17.0 Å². The van der Waals surface area contributed by atoms with Gasteiger partial charge in [0.15, 0.2) is 0 Å². The summed E-state index contributed by atoms with van der Waals surface area (Å²) < 4.78 is 14.3. The number of amides is 3. The zero-order valence-electron chi connectivity index (χ0n) is 20.1. The summed E-state index contributed by atoms with van der Waals surface area (Å²) in [5.74, 6) is -0.261. The fraction of sp³-hybridized carbons (Fsp3) is 0.286. The van der Waals surface area contributed by atoms with Crippen LogP contribution in [0, 0.1) is 5.82 Å². The molecule has 1 fully saturated rings. The van der Waals surface area contributed by atoms with Gasteiger partial charge in [-0.2, -0.15) is 0 Å². The molecule has 3 aromatic carbocycles. The van der Waals surface area contributed by atoms with E-state index in [1.807, 2.05) is 59.5 Å². The Morgan fingerprint density at radius 1 is 0.889 bits per heavy atom. The second-order valence-corrected chi connectivity index (χ2v) is 9.75. The molecule has 3 amide bonds. The molecule has 4 rings (SSSR count). The molecule has 0 saturated carbocycles. The summed E-state index contributed by atoms with van der Waals surface area (Å²) in [7, 11) is 0. The number of nitrogens with one attached hydrogen (secondary N) is 1. The SMILES string of the molecule is O=C(NCc1ccccc1)N(CCN1CCN(C(=O)c2cccc(Br)c2)CC1)Cc1ccc(F)cc1. The summed E-state index contributed by atoms with van der Waals surface area (Å²) in [6.07, 6.45) is 0. The zero-order valence-corrected chi connectivity index (χ0v) is 21.7. The third-order valence-corrected chi connectivity index (χ3v) is 6.77. The Morgan fingerprint density at radius 3 is 2.31 bits per heavy atom. The average molecular weight is 553 g/mol. The van der Waals surface area contributed by atoms with Gasteiger partial charge in [-0.3, -0.25) is 9.69 Å². The molecule has 1 aliphatic heterocycles. The summed E-state index contributed by atoms with van der Waals surface area (Å²) in [6.45, 7) is 4.83. The minimum Gasteiger partial charge on any atom is -0.336 e. The molecule has 0 radical (unpaired) electrons. The highest BCUT2D eigenvalue weighted by atomic mass is 79.9. The number of carbonyl (C=O) groups excluding carboxylic acids is 2. The standard InChI is InChI=1S/C28H30BrFN4O2/c29-25-8-4-7-24(19-25)27(35)33-16-13-32(14-17-33)15-18-34(21-23-9-11-26(30)12-10-23)28(36)31-20-22-5-2-1-3-6-22/h1-12,19H,13-18,20-21H2,(H,31,36). The molecule has 0 spiro atoms. The van der Waals surface area contributed by atoms with E-state index in [1.165, 1.54) is 12.1 Å². The Kier molecular flexibility index (Phi) is 9.08. The predicted molar refractivity (Wildman–Crippen MR) is 142 cm³/mol. The van der Waals surface area contributed by atoms with Crippen molar-refractivity contribution in [2.45, 2.75) is 13.1 Å². The van der Waals surface area contributed by atoms with Gasteiger partial charge in [0, 0.05) is 62.4 Å². The molecule has 1 saturated heterocycles. The van der Waals surface area contributed by atoms with Gasteiger partial charge >= 0.3 is 6.03 Å². The highest BCUT2D eigenvalue weighted by Gasteiger charge is 2.23. The van der Waals surface area contributed by atoms with Crippen LogP contribution in [-0.4, -0.2) is 65.9 Å². The van der Waals surface area contributed by atoms with E-state index in [-0.39, 0.29) is 17.8 Å². The maximum absolute atomic E-state index is 13.4. The van der Waals surface area contributed by atoms with Crippen LogP contribution in [-0.2, 0) is 13.1 Å². The number of urea groups is 1. The molecule has 0 unspecified atom stereocenters. The van der Waals surface area contributed by atoms with Crippen LogP contribution in [0.3, 0.4) is 0 Å². The molecule has 0 atom stereocenters. The number of rotatable bonds is 8. The van der Waals surface area contributed by atoms with Crippen molar-refractivity contribution in [3.63, 3.8) is 0 Å². The normalized spacial score (nSPS) is 13.9. The lowest BCUT2D eigenvalue weighted by molar-refractivity contribution is 0.0627.